The molecule has 7 nitrogen and oxygen atoms in total. The highest BCUT2D eigenvalue weighted by atomic mass is 16.4. The fourth-order valence-corrected chi connectivity index (χ4v) is 2.07. The van der Waals surface area contributed by atoms with Crippen LogP contribution in [-0.4, -0.2) is 30.8 Å². The number of carbonyl (C=O) groups is 1. The molecule has 0 bridgehead atoms. The van der Waals surface area contributed by atoms with E-state index in [9.17, 15) is 9.59 Å². The second-order valence-corrected chi connectivity index (χ2v) is 4.68. The number of carboxylic acid groups (broad SMARTS) is 1. The third-order valence-corrected chi connectivity index (χ3v) is 3.21. The number of H-pyrrole nitrogens is 1. The standard InChI is InChI=1S/C15H12N4O3/c20-14-12(7-10-3-5-16-6-4-10)9-18-19(14)13-2-1-11(8-17-13)15(21)22/h1-6,8-9,18H,7H2,(H,21,22). The van der Waals surface area contributed by atoms with Crippen LogP contribution in [0.3, 0.4) is 0 Å². The van der Waals surface area contributed by atoms with Crippen LogP contribution in [-0.2, 0) is 6.42 Å². The fraction of sp³-hybridized carbons (Fsp3) is 0.0667. The number of carboxylic acids is 1. The molecule has 0 aliphatic carbocycles. The maximum absolute atomic E-state index is 12.4. The number of aromatic carboxylic acids is 1. The zero-order chi connectivity index (χ0) is 15.5. The van der Waals surface area contributed by atoms with Gasteiger partial charge in [0.1, 0.15) is 0 Å². The van der Waals surface area contributed by atoms with E-state index in [-0.39, 0.29) is 11.1 Å². The van der Waals surface area contributed by atoms with Crippen molar-refractivity contribution in [2.75, 3.05) is 0 Å². The maximum atomic E-state index is 12.4. The lowest BCUT2D eigenvalue weighted by atomic mass is 10.1. The Morgan fingerprint density at radius 3 is 2.64 bits per heavy atom. The summed E-state index contributed by atoms with van der Waals surface area (Å²) >= 11 is 0. The Labute approximate surface area is 124 Å². The van der Waals surface area contributed by atoms with Crippen molar-refractivity contribution in [3.8, 4) is 5.82 Å². The molecule has 3 rings (SSSR count). The lowest BCUT2D eigenvalue weighted by molar-refractivity contribution is 0.0696. The van der Waals surface area contributed by atoms with Crippen LogP contribution >= 0.6 is 0 Å². The first-order valence-corrected chi connectivity index (χ1v) is 6.53. The average Bonchev–Trinajstić information content (AvgIpc) is 2.89. The molecule has 0 aliphatic heterocycles. The maximum Gasteiger partial charge on any atom is 0.337 e. The van der Waals surface area contributed by atoms with Crippen LogP contribution in [0.2, 0.25) is 0 Å². The molecule has 3 aromatic rings. The van der Waals surface area contributed by atoms with Crippen LogP contribution in [0.15, 0.2) is 53.8 Å². The average molecular weight is 296 g/mol. The Bertz CT molecular complexity index is 850. The van der Waals surface area contributed by atoms with E-state index in [2.05, 4.69) is 15.1 Å². The molecular formula is C15H12N4O3. The first kappa shape index (κ1) is 13.7. The Balaban J connectivity index is 1.90. The molecule has 7 heteroatoms. The van der Waals surface area contributed by atoms with Crippen molar-refractivity contribution in [3.63, 3.8) is 0 Å². The van der Waals surface area contributed by atoms with Gasteiger partial charge in [0.05, 0.1) is 5.56 Å². The van der Waals surface area contributed by atoms with Gasteiger partial charge < -0.3 is 5.11 Å². The Morgan fingerprint density at radius 2 is 2.00 bits per heavy atom. The van der Waals surface area contributed by atoms with Crippen molar-refractivity contribution in [1.29, 1.82) is 0 Å². The monoisotopic (exact) mass is 296 g/mol. The lowest BCUT2D eigenvalue weighted by Gasteiger charge is -2.00. The zero-order valence-corrected chi connectivity index (χ0v) is 11.4. The molecule has 0 amide bonds. The minimum atomic E-state index is -1.06. The van der Waals surface area contributed by atoms with Crippen molar-refractivity contribution < 1.29 is 9.90 Å². The fourth-order valence-electron chi connectivity index (χ4n) is 2.07. The Hall–Kier alpha value is -3.22. The topological polar surface area (TPSA) is 101 Å². The summed E-state index contributed by atoms with van der Waals surface area (Å²) in [4.78, 5) is 31.1. The van der Waals surface area contributed by atoms with Gasteiger partial charge in [-0.2, -0.15) is 0 Å². The van der Waals surface area contributed by atoms with Crippen LogP contribution < -0.4 is 5.56 Å². The number of aromatic nitrogens is 4. The Morgan fingerprint density at radius 1 is 1.23 bits per heavy atom. The van der Waals surface area contributed by atoms with Crippen LogP contribution in [0.25, 0.3) is 5.82 Å². The van der Waals surface area contributed by atoms with Gasteiger partial charge in [0.2, 0.25) is 0 Å². The molecule has 3 heterocycles. The highest BCUT2D eigenvalue weighted by Gasteiger charge is 2.10. The predicted molar refractivity (Wildman–Crippen MR) is 78.2 cm³/mol. The van der Waals surface area contributed by atoms with Gasteiger partial charge in [0.25, 0.3) is 5.56 Å². The smallest absolute Gasteiger partial charge is 0.337 e. The third kappa shape index (κ3) is 2.64. The molecule has 0 atom stereocenters. The number of hydrogen-bond donors (Lipinski definition) is 2. The Kier molecular flexibility index (Phi) is 3.53. The van der Waals surface area contributed by atoms with Crippen molar-refractivity contribution in [2.45, 2.75) is 6.42 Å². The molecule has 0 aliphatic rings. The second kappa shape index (κ2) is 5.65. The third-order valence-electron chi connectivity index (χ3n) is 3.21. The molecular weight excluding hydrogens is 284 g/mol. The van der Waals surface area contributed by atoms with Crippen molar-refractivity contribution in [3.05, 3.63) is 76.1 Å². The lowest BCUT2D eigenvalue weighted by Crippen LogP contribution is -2.18. The van der Waals surface area contributed by atoms with Crippen LogP contribution in [0.5, 0.6) is 0 Å². The SMILES string of the molecule is O=C(O)c1ccc(-n2[nH]cc(Cc3ccncc3)c2=O)nc1. The second-order valence-electron chi connectivity index (χ2n) is 4.68. The number of pyridine rings is 2. The molecule has 0 radical (unpaired) electrons. The molecule has 110 valence electrons. The van der Waals surface area contributed by atoms with E-state index in [0.717, 1.165) is 5.56 Å². The summed E-state index contributed by atoms with van der Waals surface area (Å²) in [6.07, 6.45) is 6.67. The van der Waals surface area contributed by atoms with E-state index >= 15 is 0 Å². The summed E-state index contributed by atoms with van der Waals surface area (Å²) in [6.45, 7) is 0. The molecule has 3 aromatic heterocycles. The van der Waals surface area contributed by atoms with Crippen molar-refractivity contribution in [1.82, 2.24) is 19.7 Å². The normalized spacial score (nSPS) is 10.5. The van der Waals surface area contributed by atoms with Gasteiger partial charge in [-0.1, -0.05) is 0 Å². The van der Waals surface area contributed by atoms with Crippen LogP contribution in [0, 0.1) is 0 Å². The first-order chi connectivity index (χ1) is 10.6. The van der Waals surface area contributed by atoms with E-state index in [4.69, 9.17) is 5.11 Å². The minimum Gasteiger partial charge on any atom is -0.478 e. The first-order valence-electron chi connectivity index (χ1n) is 6.53. The summed E-state index contributed by atoms with van der Waals surface area (Å²) < 4.78 is 1.28. The van der Waals surface area contributed by atoms with Gasteiger partial charge in [0.15, 0.2) is 5.82 Å². The largest absolute Gasteiger partial charge is 0.478 e. The van der Waals surface area contributed by atoms with Gasteiger partial charge in [-0.05, 0) is 29.8 Å². The number of hydrogen-bond acceptors (Lipinski definition) is 4. The van der Waals surface area contributed by atoms with E-state index in [0.29, 0.717) is 17.8 Å². The van der Waals surface area contributed by atoms with E-state index < -0.39 is 5.97 Å². The van der Waals surface area contributed by atoms with E-state index in [1.165, 1.54) is 23.0 Å². The summed E-state index contributed by atoms with van der Waals surface area (Å²) in [5.41, 5.74) is 1.43. The number of rotatable bonds is 4. The summed E-state index contributed by atoms with van der Waals surface area (Å²) in [6, 6.07) is 6.57. The molecule has 0 saturated carbocycles. The zero-order valence-electron chi connectivity index (χ0n) is 11.4. The minimum absolute atomic E-state index is 0.0698. The molecule has 0 saturated heterocycles. The van der Waals surface area contributed by atoms with Gasteiger partial charge in [-0.3, -0.25) is 14.9 Å². The van der Waals surface area contributed by atoms with Crippen LogP contribution in [0.4, 0.5) is 0 Å². The molecule has 0 aromatic carbocycles. The van der Waals surface area contributed by atoms with E-state index in [1.54, 1.807) is 18.6 Å². The highest BCUT2D eigenvalue weighted by molar-refractivity contribution is 5.87. The van der Waals surface area contributed by atoms with Gasteiger partial charge >= 0.3 is 5.97 Å². The molecule has 2 N–H and O–H groups in total. The van der Waals surface area contributed by atoms with Gasteiger partial charge in [-0.15, -0.1) is 0 Å². The summed E-state index contributed by atoms with van der Waals surface area (Å²) in [5.74, 6) is -0.716. The summed E-state index contributed by atoms with van der Waals surface area (Å²) in [7, 11) is 0. The summed E-state index contributed by atoms with van der Waals surface area (Å²) in [5, 5.41) is 11.7. The highest BCUT2D eigenvalue weighted by Crippen LogP contribution is 2.07. The predicted octanol–water partition coefficient (Wildman–Crippen LogP) is 1.24. The number of aromatic amines is 1. The van der Waals surface area contributed by atoms with Crippen molar-refractivity contribution in [2.24, 2.45) is 0 Å². The molecule has 22 heavy (non-hydrogen) atoms. The quantitative estimate of drug-likeness (QED) is 0.754. The number of nitrogens with one attached hydrogen (secondary N) is 1. The van der Waals surface area contributed by atoms with Crippen molar-refractivity contribution >= 4 is 5.97 Å². The molecule has 0 spiro atoms. The number of nitrogens with zero attached hydrogens (tertiary/aromatic N) is 3. The molecule has 0 fully saturated rings. The van der Waals surface area contributed by atoms with Gasteiger partial charge in [0, 0.05) is 36.8 Å². The van der Waals surface area contributed by atoms with Crippen LogP contribution in [0.1, 0.15) is 21.5 Å². The van der Waals surface area contributed by atoms with E-state index in [1.807, 2.05) is 12.1 Å². The molecule has 0 unspecified atom stereocenters. The van der Waals surface area contributed by atoms with Gasteiger partial charge in [-0.25, -0.2) is 14.5 Å².